The third-order valence-corrected chi connectivity index (χ3v) is 9.57. The number of fused-ring (bicyclic) bond motifs is 7. The second kappa shape index (κ2) is 11.2. The van der Waals surface area contributed by atoms with Crippen molar-refractivity contribution in [2.75, 3.05) is 34.9 Å². The molecule has 4 N–H and O–H groups in total. The molecule has 5 rings (SSSR count). The third-order valence-electron chi connectivity index (χ3n) is 9.57. The number of ketones is 1. The van der Waals surface area contributed by atoms with Gasteiger partial charge in [-0.3, -0.25) is 19.4 Å². The number of phenols is 2. The number of hydrogen-bond donors (Lipinski definition) is 4. The number of nitrogens with zero attached hydrogens (tertiary/aromatic N) is 3. The minimum Gasteiger partial charge on any atom is -0.507 e. The van der Waals surface area contributed by atoms with Gasteiger partial charge in [-0.05, 0) is 33.7 Å². The van der Waals surface area contributed by atoms with Crippen molar-refractivity contribution in [3.8, 4) is 34.8 Å². The number of carbonyl (C=O) groups excluding carboxylic acids is 2. The first kappa shape index (κ1) is 30.4. The highest BCUT2D eigenvalue weighted by Crippen LogP contribution is 2.58. The summed E-state index contributed by atoms with van der Waals surface area (Å²) in [6.45, 7) is 4.20. The number of phenolic OH excluding ortho intramolecular Hbond substituents is 1. The number of likely N-dealkylation sites (N-methyl/N-ethyl adjacent to an activating group) is 1. The Bertz CT molecular complexity index is 1550. The molecule has 0 unspecified atom stereocenters. The monoisotopic (exact) mass is 594 g/mol. The summed E-state index contributed by atoms with van der Waals surface area (Å²) in [5, 5.41) is 46.8. The first-order valence-corrected chi connectivity index (χ1v) is 14.1. The molecule has 12 nitrogen and oxygen atoms in total. The molecule has 3 aliphatic rings. The number of benzene rings is 2. The molecule has 1 saturated heterocycles. The number of aromatic hydroxyl groups is 2. The number of nitrogens with one attached hydrogen (secondary N) is 1. The highest BCUT2D eigenvalue weighted by molar-refractivity contribution is 6.35. The largest absolute Gasteiger partial charge is 0.507 e. The van der Waals surface area contributed by atoms with E-state index in [4.69, 9.17) is 14.2 Å². The molecular formula is C31H38N4O8. The molecule has 0 aromatic heterocycles. The maximum Gasteiger partial charge on any atom is 0.287 e. The molecule has 0 radical (unpaired) electrons. The summed E-state index contributed by atoms with van der Waals surface area (Å²) < 4.78 is 17.3. The summed E-state index contributed by atoms with van der Waals surface area (Å²) in [5.74, 6) is -0.226. The number of Topliss-reactive ketones (excluding diaryl/α,β-unsaturated/α-hetero) is 1. The van der Waals surface area contributed by atoms with Crippen LogP contribution < -0.4 is 19.5 Å². The number of aliphatic hydroxyl groups is 1. The van der Waals surface area contributed by atoms with Gasteiger partial charge in [0.2, 0.25) is 5.78 Å². The van der Waals surface area contributed by atoms with Crippen molar-refractivity contribution in [2.45, 2.75) is 70.4 Å². The van der Waals surface area contributed by atoms with E-state index in [0.717, 1.165) is 5.56 Å². The van der Waals surface area contributed by atoms with Gasteiger partial charge in [-0.15, -0.1) is 0 Å². The quantitative estimate of drug-likeness (QED) is 0.345. The summed E-state index contributed by atoms with van der Waals surface area (Å²) >= 11 is 0. The summed E-state index contributed by atoms with van der Waals surface area (Å²) in [5.41, 5.74) is 4.05. The molecule has 0 saturated carbocycles. The zero-order chi connectivity index (χ0) is 31.5. The van der Waals surface area contributed by atoms with Crippen molar-refractivity contribution in [1.82, 2.24) is 15.1 Å². The molecule has 5 atom stereocenters. The minimum absolute atomic E-state index is 0.00434. The zero-order valence-electron chi connectivity index (χ0n) is 25.4. The standard InChI is InChI=1S/C31H38N4O8/c1-13-18(12-36)26(38)23-16(28(13)41-5)9-20-25-24-17(29(42-6)14(2)30(43-7)27(24)39)8-19(34(25)4)21(10-32)35(20)22(23)11-33-31(40)15(3)37/h19-22,25,36,38-39H,8-9,11-12H2,1-7H3,(H,33,40)/t19-,20+,21+,22+,25-/m1/s1. The third kappa shape index (κ3) is 4.29. The van der Waals surface area contributed by atoms with Crippen LogP contribution in [0.2, 0.25) is 0 Å². The van der Waals surface area contributed by atoms with Crippen LogP contribution in [0.4, 0.5) is 0 Å². The molecule has 43 heavy (non-hydrogen) atoms. The summed E-state index contributed by atoms with van der Waals surface area (Å²) in [6, 6.07) is -0.253. The molecule has 0 spiro atoms. The Morgan fingerprint density at radius 3 is 2.09 bits per heavy atom. The van der Waals surface area contributed by atoms with Crippen LogP contribution in [0.15, 0.2) is 0 Å². The number of methoxy groups -OCH3 is 3. The van der Waals surface area contributed by atoms with Gasteiger partial charge in [0.15, 0.2) is 11.5 Å². The van der Waals surface area contributed by atoms with Crippen molar-refractivity contribution in [1.29, 1.82) is 5.26 Å². The second-order valence-corrected chi connectivity index (χ2v) is 11.4. The van der Waals surface area contributed by atoms with Gasteiger partial charge in [-0.25, -0.2) is 0 Å². The number of piperazine rings is 1. The fraction of sp³-hybridized carbons (Fsp3) is 0.516. The second-order valence-electron chi connectivity index (χ2n) is 11.4. The van der Waals surface area contributed by atoms with Gasteiger partial charge in [0.05, 0.1) is 46.1 Å². The Morgan fingerprint density at radius 2 is 1.53 bits per heavy atom. The van der Waals surface area contributed by atoms with E-state index in [9.17, 15) is 30.2 Å². The average Bonchev–Trinajstić information content (AvgIpc) is 2.97. The van der Waals surface area contributed by atoms with Crippen LogP contribution in [0.3, 0.4) is 0 Å². The predicted molar refractivity (Wildman–Crippen MR) is 154 cm³/mol. The number of amides is 1. The van der Waals surface area contributed by atoms with E-state index in [-0.39, 0.29) is 29.6 Å². The van der Waals surface area contributed by atoms with E-state index in [1.165, 1.54) is 21.1 Å². The lowest BCUT2D eigenvalue weighted by Crippen LogP contribution is -2.68. The number of carbonyl (C=O) groups is 2. The van der Waals surface area contributed by atoms with E-state index < -0.39 is 42.5 Å². The van der Waals surface area contributed by atoms with Crippen LogP contribution in [0.25, 0.3) is 0 Å². The van der Waals surface area contributed by atoms with E-state index in [1.54, 1.807) is 14.0 Å². The SMILES string of the molecule is COc1c(C)c(OC)c2c(c1O)[C@H]1[C@@H]3Cc4c(OC)c(C)c(CO)c(O)c4[C@H](CNC(=O)C(C)=O)N3[C@@H](C#N)[C@@H](C2)N1C. The average molecular weight is 595 g/mol. The first-order valence-electron chi connectivity index (χ1n) is 14.1. The Kier molecular flexibility index (Phi) is 7.94. The molecule has 0 aliphatic carbocycles. The maximum atomic E-state index is 12.5. The fourth-order valence-corrected chi connectivity index (χ4v) is 7.75. The molecule has 3 heterocycles. The van der Waals surface area contributed by atoms with Gasteiger partial charge >= 0.3 is 0 Å². The normalized spacial score (nSPS) is 24.2. The lowest BCUT2D eigenvalue weighted by atomic mass is 9.71. The lowest BCUT2D eigenvalue weighted by Gasteiger charge is -2.60. The van der Waals surface area contributed by atoms with Gasteiger partial charge in [-0.2, -0.15) is 5.26 Å². The number of hydrogen-bond acceptors (Lipinski definition) is 11. The fourth-order valence-electron chi connectivity index (χ4n) is 7.75. The van der Waals surface area contributed by atoms with Crippen LogP contribution in [0, 0.1) is 25.2 Å². The van der Waals surface area contributed by atoms with E-state index >= 15 is 0 Å². The Balaban J connectivity index is 1.81. The summed E-state index contributed by atoms with van der Waals surface area (Å²) in [7, 11) is 6.50. The molecule has 2 bridgehead atoms. The van der Waals surface area contributed by atoms with E-state index in [1.807, 2.05) is 18.9 Å². The van der Waals surface area contributed by atoms with Gasteiger partial charge in [0, 0.05) is 64.5 Å². The zero-order valence-corrected chi connectivity index (χ0v) is 25.4. The van der Waals surface area contributed by atoms with Crippen LogP contribution in [-0.2, 0) is 29.0 Å². The van der Waals surface area contributed by atoms with Crippen molar-refractivity contribution < 1.29 is 39.1 Å². The van der Waals surface area contributed by atoms with Crippen molar-refractivity contribution in [3.05, 3.63) is 38.9 Å². The van der Waals surface area contributed by atoms with Gasteiger partial charge in [0.25, 0.3) is 5.91 Å². The molecule has 1 amide bonds. The van der Waals surface area contributed by atoms with Crippen molar-refractivity contribution in [2.24, 2.45) is 0 Å². The number of aliphatic hydroxyl groups excluding tert-OH is 1. The lowest BCUT2D eigenvalue weighted by molar-refractivity contribution is -0.137. The van der Waals surface area contributed by atoms with Crippen LogP contribution in [0.5, 0.6) is 28.7 Å². The summed E-state index contributed by atoms with van der Waals surface area (Å²) in [4.78, 5) is 28.4. The molecule has 1 fully saturated rings. The highest BCUT2D eigenvalue weighted by atomic mass is 16.5. The van der Waals surface area contributed by atoms with Crippen LogP contribution >= 0.6 is 0 Å². The van der Waals surface area contributed by atoms with Crippen LogP contribution in [0.1, 0.15) is 58.0 Å². The first-order chi connectivity index (χ1) is 20.5. The Labute approximate surface area is 250 Å². The predicted octanol–water partition coefficient (Wildman–Crippen LogP) is 1.71. The molecule has 12 heteroatoms. The van der Waals surface area contributed by atoms with Crippen LogP contribution in [-0.4, -0.2) is 89.9 Å². The Morgan fingerprint density at radius 1 is 0.953 bits per heavy atom. The highest BCUT2D eigenvalue weighted by Gasteiger charge is 2.57. The van der Waals surface area contributed by atoms with E-state index in [2.05, 4.69) is 16.3 Å². The number of ether oxygens (including phenoxy) is 3. The van der Waals surface area contributed by atoms with E-state index in [0.29, 0.717) is 57.9 Å². The molecule has 2 aromatic rings. The smallest absolute Gasteiger partial charge is 0.287 e. The number of nitriles is 1. The summed E-state index contributed by atoms with van der Waals surface area (Å²) in [6.07, 6.45) is 0.697. The maximum absolute atomic E-state index is 12.5. The van der Waals surface area contributed by atoms with Crippen molar-refractivity contribution in [3.63, 3.8) is 0 Å². The molecular weight excluding hydrogens is 556 g/mol. The minimum atomic E-state index is -0.791. The topological polar surface area (TPSA) is 165 Å². The molecule has 230 valence electrons. The van der Waals surface area contributed by atoms with Gasteiger partial charge in [0.1, 0.15) is 23.3 Å². The number of rotatable bonds is 7. The molecule has 3 aliphatic heterocycles. The van der Waals surface area contributed by atoms with Crippen molar-refractivity contribution >= 4 is 11.7 Å². The van der Waals surface area contributed by atoms with Gasteiger partial charge in [-0.1, -0.05) is 0 Å². The molecule has 2 aromatic carbocycles. The van der Waals surface area contributed by atoms with Gasteiger partial charge < -0.3 is 34.8 Å². The Hall–Kier alpha value is -4.05.